The van der Waals surface area contributed by atoms with Gasteiger partial charge in [-0.25, -0.2) is 18.4 Å². The van der Waals surface area contributed by atoms with E-state index < -0.39 is 35.3 Å². The minimum Gasteiger partial charge on any atom is -0.480 e. The van der Waals surface area contributed by atoms with Crippen molar-refractivity contribution >= 4 is 12.1 Å². The highest BCUT2D eigenvalue weighted by atomic mass is 19.1. The van der Waals surface area contributed by atoms with Crippen molar-refractivity contribution in [2.75, 3.05) is 0 Å². The van der Waals surface area contributed by atoms with Crippen LogP contribution in [-0.4, -0.2) is 28.8 Å². The monoisotopic (exact) mass is 301 g/mol. The predicted molar refractivity (Wildman–Crippen MR) is 70.9 cm³/mol. The van der Waals surface area contributed by atoms with Crippen LogP contribution in [0.2, 0.25) is 0 Å². The van der Waals surface area contributed by atoms with Crippen molar-refractivity contribution < 1.29 is 28.2 Å². The molecule has 0 aromatic heterocycles. The Morgan fingerprint density at radius 2 is 1.95 bits per heavy atom. The minimum absolute atomic E-state index is 0.0140. The van der Waals surface area contributed by atoms with Crippen molar-refractivity contribution in [3.05, 3.63) is 35.4 Å². The van der Waals surface area contributed by atoms with Crippen LogP contribution in [0.1, 0.15) is 26.3 Å². The van der Waals surface area contributed by atoms with E-state index in [9.17, 15) is 18.4 Å². The summed E-state index contributed by atoms with van der Waals surface area (Å²) in [6.07, 6.45) is -1.24. The van der Waals surface area contributed by atoms with Crippen LogP contribution in [0.15, 0.2) is 18.2 Å². The van der Waals surface area contributed by atoms with Crippen molar-refractivity contribution in [2.24, 2.45) is 0 Å². The van der Waals surface area contributed by atoms with E-state index in [1.54, 1.807) is 20.8 Å². The van der Waals surface area contributed by atoms with Crippen molar-refractivity contribution in [2.45, 2.75) is 38.8 Å². The van der Waals surface area contributed by atoms with E-state index in [1.165, 1.54) is 0 Å². The third-order valence-corrected chi connectivity index (χ3v) is 2.43. The van der Waals surface area contributed by atoms with Crippen molar-refractivity contribution in [3.63, 3.8) is 0 Å². The zero-order valence-corrected chi connectivity index (χ0v) is 11.9. The number of amides is 1. The number of rotatable bonds is 4. The van der Waals surface area contributed by atoms with E-state index in [1.807, 2.05) is 0 Å². The maximum absolute atomic E-state index is 13.5. The second-order valence-electron chi connectivity index (χ2n) is 5.48. The Labute approximate surface area is 120 Å². The number of carbonyl (C=O) groups is 2. The van der Waals surface area contributed by atoms with Crippen LogP contribution in [0.5, 0.6) is 0 Å². The largest absolute Gasteiger partial charge is 0.480 e. The third-order valence-electron chi connectivity index (χ3n) is 2.43. The lowest BCUT2D eigenvalue weighted by atomic mass is 10.1. The molecule has 0 fully saturated rings. The lowest BCUT2D eigenvalue weighted by Crippen LogP contribution is -2.44. The first kappa shape index (κ1) is 16.9. The van der Waals surface area contributed by atoms with Crippen LogP contribution < -0.4 is 5.32 Å². The van der Waals surface area contributed by atoms with Gasteiger partial charge in [-0.2, -0.15) is 0 Å². The molecule has 116 valence electrons. The van der Waals surface area contributed by atoms with E-state index in [0.29, 0.717) is 6.07 Å². The van der Waals surface area contributed by atoms with Crippen LogP contribution in [0, 0.1) is 11.6 Å². The molecule has 0 unspecified atom stereocenters. The molecule has 0 bridgehead atoms. The Balaban J connectivity index is 2.79. The van der Waals surface area contributed by atoms with Crippen LogP contribution in [0.25, 0.3) is 0 Å². The summed E-state index contributed by atoms with van der Waals surface area (Å²) in [6.45, 7) is 4.88. The Hall–Kier alpha value is -2.18. The minimum atomic E-state index is -1.38. The van der Waals surface area contributed by atoms with Gasteiger partial charge in [-0.3, -0.25) is 0 Å². The smallest absolute Gasteiger partial charge is 0.408 e. The summed E-state index contributed by atoms with van der Waals surface area (Å²) < 4.78 is 31.2. The number of carbonyl (C=O) groups excluding carboxylic acids is 1. The quantitative estimate of drug-likeness (QED) is 0.896. The first-order valence-electron chi connectivity index (χ1n) is 6.25. The SMILES string of the molecule is CC(C)(C)OC(=O)N[C@H](Cc1ccc(F)cc1F)C(=O)O. The first-order chi connectivity index (χ1) is 9.58. The summed E-state index contributed by atoms with van der Waals surface area (Å²) in [6, 6.07) is 1.43. The van der Waals surface area contributed by atoms with E-state index >= 15 is 0 Å². The Bertz CT molecular complexity index is 540. The van der Waals surface area contributed by atoms with Gasteiger partial charge < -0.3 is 15.2 Å². The van der Waals surface area contributed by atoms with Crippen molar-refractivity contribution in [3.8, 4) is 0 Å². The van der Waals surface area contributed by atoms with Gasteiger partial charge in [0.1, 0.15) is 23.3 Å². The van der Waals surface area contributed by atoms with Crippen molar-refractivity contribution in [1.82, 2.24) is 5.32 Å². The van der Waals surface area contributed by atoms with Crippen LogP contribution in [0.3, 0.4) is 0 Å². The van der Waals surface area contributed by atoms with Gasteiger partial charge in [0.05, 0.1) is 0 Å². The van der Waals surface area contributed by atoms with E-state index in [-0.39, 0.29) is 12.0 Å². The maximum Gasteiger partial charge on any atom is 0.408 e. The average Bonchev–Trinajstić information content (AvgIpc) is 2.28. The van der Waals surface area contributed by atoms with Gasteiger partial charge in [0.15, 0.2) is 0 Å². The highest BCUT2D eigenvalue weighted by Crippen LogP contribution is 2.13. The number of carboxylic acid groups (broad SMARTS) is 1. The number of aliphatic carboxylic acids is 1. The fourth-order valence-electron chi connectivity index (χ4n) is 1.56. The summed E-state index contributed by atoms with van der Waals surface area (Å²) >= 11 is 0. The van der Waals surface area contributed by atoms with E-state index in [2.05, 4.69) is 5.32 Å². The Kier molecular flexibility index (Phi) is 5.23. The Morgan fingerprint density at radius 1 is 1.33 bits per heavy atom. The first-order valence-corrected chi connectivity index (χ1v) is 6.25. The van der Waals surface area contributed by atoms with Crippen molar-refractivity contribution in [1.29, 1.82) is 0 Å². The molecule has 21 heavy (non-hydrogen) atoms. The zero-order chi connectivity index (χ0) is 16.2. The van der Waals surface area contributed by atoms with Crippen LogP contribution >= 0.6 is 0 Å². The number of hydrogen-bond acceptors (Lipinski definition) is 3. The van der Waals surface area contributed by atoms with Gasteiger partial charge in [0.2, 0.25) is 0 Å². The van der Waals surface area contributed by atoms with Gasteiger partial charge in [-0.05, 0) is 32.4 Å². The molecule has 0 saturated carbocycles. The number of benzene rings is 1. The number of carboxylic acids is 1. The molecule has 1 aromatic carbocycles. The van der Waals surface area contributed by atoms with Gasteiger partial charge >= 0.3 is 12.1 Å². The summed E-state index contributed by atoms with van der Waals surface area (Å²) in [5, 5.41) is 11.2. The summed E-state index contributed by atoms with van der Waals surface area (Å²) in [4.78, 5) is 22.7. The molecule has 0 aliphatic rings. The lowest BCUT2D eigenvalue weighted by Gasteiger charge is -2.22. The molecule has 1 aromatic rings. The van der Waals surface area contributed by atoms with Gasteiger partial charge in [-0.1, -0.05) is 6.07 Å². The molecule has 1 amide bonds. The molecule has 0 aliphatic carbocycles. The highest BCUT2D eigenvalue weighted by Gasteiger charge is 2.25. The normalized spacial score (nSPS) is 12.6. The average molecular weight is 301 g/mol. The molecule has 1 atom stereocenters. The fraction of sp³-hybridized carbons (Fsp3) is 0.429. The molecule has 1 rings (SSSR count). The second kappa shape index (κ2) is 6.51. The van der Waals surface area contributed by atoms with E-state index in [4.69, 9.17) is 9.84 Å². The number of nitrogens with one attached hydrogen (secondary N) is 1. The maximum atomic E-state index is 13.5. The standard InChI is InChI=1S/C14H17F2NO4/c1-14(2,3)21-13(20)17-11(12(18)19)6-8-4-5-9(15)7-10(8)16/h4-5,7,11H,6H2,1-3H3,(H,17,20)(H,18,19)/t11-/m1/s1. The molecule has 7 heteroatoms. The van der Waals surface area contributed by atoms with Gasteiger partial charge in [0, 0.05) is 12.5 Å². The third kappa shape index (κ3) is 5.76. The molecule has 0 radical (unpaired) electrons. The van der Waals surface area contributed by atoms with Crippen LogP contribution in [-0.2, 0) is 16.0 Å². The molecular formula is C14H17F2NO4. The fourth-order valence-corrected chi connectivity index (χ4v) is 1.56. The number of hydrogen-bond donors (Lipinski definition) is 2. The predicted octanol–water partition coefficient (Wildman–Crippen LogP) is 2.49. The summed E-state index contributed by atoms with van der Waals surface area (Å²) in [7, 11) is 0. The number of halogens is 2. The molecule has 0 saturated heterocycles. The molecule has 0 spiro atoms. The molecule has 2 N–H and O–H groups in total. The highest BCUT2D eigenvalue weighted by molar-refractivity contribution is 5.80. The van der Waals surface area contributed by atoms with E-state index in [0.717, 1.165) is 12.1 Å². The second-order valence-corrected chi connectivity index (χ2v) is 5.48. The molecule has 0 heterocycles. The van der Waals surface area contributed by atoms with Crippen LogP contribution in [0.4, 0.5) is 13.6 Å². The van der Waals surface area contributed by atoms with Gasteiger partial charge in [-0.15, -0.1) is 0 Å². The molecule has 5 nitrogen and oxygen atoms in total. The zero-order valence-electron chi connectivity index (χ0n) is 11.9. The number of ether oxygens (including phenoxy) is 1. The Morgan fingerprint density at radius 3 is 2.43 bits per heavy atom. The van der Waals surface area contributed by atoms with Gasteiger partial charge in [0.25, 0.3) is 0 Å². The molecule has 0 aliphatic heterocycles. The topological polar surface area (TPSA) is 75.6 Å². The number of alkyl carbamates (subject to hydrolysis) is 1. The lowest BCUT2D eigenvalue weighted by molar-refractivity contribution is -0.139. The summed E-state index contributed by atoms with van der Waals surface area (Å²) in [5.74, 6) is -2.97. The molecular weight excluding hydrogens is 284 g/mol. The summed E-state index contributed by atoms with van der Waals surface area (Å²) in [5.41, 5.74) is -0.797.